The molecule has 3 aromatic rings. The minimum Gasteiger partial charge on any atom is -0.465 e. The van der Waals surface area contributed by atoms with Gasteiger partial charge in [0.2, 0.25) is 0 Å². The van der Waals surface area contributed by atoms with Gasteiger partial charge >= 0.3 is 6.09 Å². The second kappa shape index (κ2) is 10.5. The van der Waals surface area contributed by atoms with E-state index in [1.54, 1.807) is 19.1 Å². The molecule has 1 atom stereocenters. The van der Waals surface area contributed by atoms with Crippen molar-refractivity contribution >= 4 is 33.7 Å². The van der Waals surface area contributed by atoms with Gasteiger partial charge in [-0.15, -0.1) is 0 Å². The summed E-state index contributed by atoms with van der Waals surface area (Å²) < 4.78 is 46.4. The van der Waals surface area contributed by atoms with Crippen LogP contribution in [-0.4, -0.2) is 59.9 Å². The lowest BCUT2D eigenvalue weighted by atomic mass is 9.96. The Hall–Kier alpha value is -4.17. The van der Waals surface area contributed by atoms with E-state index in [0.717, 1.165) is 16.5 Å². The molecule has 1 unspecified atom stereocenters. The van der Waals surface area contributed by atoms with Gasteiger partial charge in [-0.1, -0.05) is 34.4 Å². The fourth-order valence-corrected chi connectivity index (χ4v) is 5.44. The van der Waals surface area contributed by atoms with Crippen LogP contribution >= 0.6 is 11.6 Å². The summed E-state index contributed by atoms with van der Waals surface area (Å²) in [6, 6.07) is 9.39. The zero-order chi connectivity index (χ0) is 28.5. The number of carbonyl (C=O) groups excluding carboxylic acids is 1. The molecule has 0 saturated carbocycles. The molecule has 0 fully saturated rings. The highest BCUT2D eigenvalue weighted by atomic mass is 35.5. The van der Waals surface area contributed by atoms with Gasteiger partial charge in [0.25, 0.3) is 16.0 Å². The fraction of sp³-hybridized carbons (Fsp3) is 0.261. The van der Waals surface area contributed by atoms with Gasteiger partial charge in [0.05, 0.1) is 47.4 Å². The molecule has 0 saturated heterocycles. The molecule has 0 aliphatic carbocycles. The first-order valence-corrected chi connectivity index (χ1v) is 13.0. The zero-order valence-electron chi connectivity index (χ0n) is 20.3. The molecule has 1 aliphatic heterocycles. The van der Waals surface area contributed by atoms with Crippen LogP contribution < -0.4 is 5.73 Å². The molecule has 0 spiro atoms. The second-order valence-corrected chi connectivity index (χ2v) is 10.9. The molecule has 2 aromatic carbocycles. The number of carboxylic acid groups (broad SMARTS) is 1. The maximum atomic E-state index is 13.8. The number of carbonyl (C=O) groups is 2. The van der Waals surface area contributed by atoms with Crippen LogP contribution in [0.1, 0.15) is 21.6 Å². The normalized spacial score (nSPS) is 16.8. The van der Waals surface area contributed by atoms with Gasteiger partial charge in [-0.3, -0.25) is 18.6 Å². The molecule has 1 aliphatic rings. The van der Waals surface area contributed by atoms with Crippen LogP contribution in [0.4, 0.5) is 9.18 Å². The lowest BCUT2D eigenvalue weighted by Crippen LogP contribution is -2.57. The maximum absolute atomic E-state index is 13.8. The highest BCUT2D eigenvalue weighted by Gasteiger charge is 2.46. The van der Waals surface area contributed by atoms with E-state index in [1.807, 2.05) is 0 Å². The lowest BCUT2D eigenvalue weighted by molar-refractivity contribution is 0.0549. The number of benzene rings is 2. The van der Waals surface area contributed by atoms with Crippen molar-refractivity contribution in [2.45, 2.75) is 23.9 Å². The van der Waals surface area contributed by atoms with E-state index in [2.05, 4.69) is 15.1 Å². The van der Waals surface area contributed by atoms with Gasteiger partial charge in [-0.2, -0.15) is 13.5 Å². The Bertz CT molecular complexity index is 1620. The highest BCUT2D eigenvalue weighted by molar-refractivity contribution is 7.86. The average Bonchev–Trinajstić information content (AvgIpc) is 3.29. The maximum Gasteiger partial charge on any atom is 0.407 e. The third-order valence-electron chi connectivity index (χ3n) is 6.19. The SMILES string of the molecule is Cc1ccc(S(=O)(=O)OCC2(CN=[N+]=[N-])CN(C(=O)O)Cc3c(C(N)=O)c(-c4ccc(F)c(Cl)c4)nn32)cc1. The van der Waals surface area contributed by atoms with Gasteiger partial charge in [0.1, 0.15) is 17.1 Å². The molecule has 13 nitrogen and oxygen atoms in total. The lowest BCUT2D eigenvalue weighted by Gasteiger charge is -2.41. The number of primary amides is 1. The van der Waals surface area contributed by atoms with Crippen LogP contribution in [0, 0.1) is 12.7 Å². The molecule has 39 heavy (non-hydrogen) atoms. The van der Waals surface area contributed by atoms with E-state index >= 15 is 0 Å². The first kappa shape index (κ1) is 27.9. The van der Waals surface area contributed by atoms with E-state index in [1.165, 1.54) is 28.9 Å². The number of halogens is 2. The number of nitrogens with two attached hydrogens (primary N) is 1. The van der Waals surface area contributed by atoms with E-state index in [4.69, 9.17) is 27.0 Å². The predicted octanol–water partition coefficient (Wildman–Crippen LogP) is 3.65. The molecule has 16 heteroatoms. The van der Waals surface area contributed by atoms with Gasteiger partial charge in [-0.25, -0.2) is 9.18 Å². The van der Waals surface area contributed by atoms with Gasteiger partial charge in [0.15, 0.2) is 0 Å². The highest BCUT2D eigenvalue weighted by Crippen LogP contribution is 2.36. The monoisotopic (exact) mass is 577 g/mol. The molecule has 204 valence electrons. The average molecular weight is 578 g/mol. The van der Waals surface area contributed by atoms with Crippen molar-refractivity contribution in [1.29, 1.82) is 0 Å². The topological polar surface area (TPSA) is 194 Å². The third-order valence-corrected chi connectivity index (χ3v) is 7.75. The molecule has 2 heterocycles. The van der Waals surface area contributed by atoms with Crippen molar-refractivity contribution in [2.24, 2.45) is 10.8 Å². The number of fused-ring (bicyclic) bond motifs is 1. The summed E-state index contributed by atoms with van der Waals surface area (Å²) in [5, 5.41) is 17.6. The summed E-state index contributed by atoms with van der Waals surface area (Å²) in [5.41, 5.74) is 13.7. The largest absolute Gasteiger partial charge is 0.465 e. The van der Waals surface area contributed by atoms with Crippen molar-refractivity contribution < 1.29 is 31.7 Å². The number of hydrogen-bond acceptors (Lipinski definition) is 7. The van der Waals surface area contributed by atoms with Gasteiger partial charge in [-0.05, 0) is 42.8 Å². The first-order valence-electron chi connectivity index (χ1n) is 11.2. The Morgan fingerprint density at radius 1 is 1.31 bits per heavy atom. The minimum absolute atomic E-state index is 0.00364. The molecular formula is C23H21ClFN7O6S. The minimum atomic E-state index is -4.35. The molecule has 1 aromatic heterocycles. The smallest absolute Gasteiger partial charge is 0.407 e. The van der Waals surface area contributed by atoms with Crippen LogP contribution in [0.15, 0.2) is 52.5 Å². The number of nitrogens with zero attached hydrogens (tertiary/aromatic N) is 6. The Morgan fingerprint density at radius 2 is 2.00 bits per heavy atom. The molecule has 4 rings (SSSR count). The van der Waals surface area contributed by atoms with Crippen LogP contribution in [-0.2, 0) is 26.4 Å². The van der Waals surface area contributed by atoms with Crippen molar-refractivity contribution in [1.82, 2.24) is 14.7 Å². The van der Waals surface area contributed by atoms with E-state index in [0.29, 0.717) is 0 Å². The number of aromatic nitrogens is 2. The molecule has 0 bridgehead atoms. The molecule has 2 amide bonds. The van der Waals surface area contributed by atoms with E-state index in [-0.39, 0.29) is 39.0 Å². The summed E-state index contributed by atoms with van der Waals surface area (Å²) in [5.74, 6) is -1.71. The standard InChI is InChI=1S/C23H21ClFN7O6S/c1-13-2-5-15(6-3-13)39(36,37)38-12-23(10-28-30-27)11-31(22(34)35)9-18-19(21(26)33)20(29-32(18)23)14-4-7-17(25)16(24)8-14/h2-8H,9-12H2,1H3,(H2,26,33)(H,34,35). The van der Waals surface area contributed by atoms with Crippen molar-refractivity contribution in [3.63, 3.8) is 0 Å². The zero-order valence-corrected chi connectivity index (χ0v) is 21.9. The van der Waals surface area contributed by atoms with Crippen molar-refractivity contribution in [3.8, 4) is 11.3 Å². The summed E-state index contributed by atoms with van der Waals surface area (Å²) in [4.78, 5) is 28.1. The Labute approximate surface area is 226 Å². The molecule has 0 radical (unpaired) electrons. The number of amides is 2. The van der Waals surface area contributed by atoms with Gasteiger partial charge in [0, 0.05) is 10.5 Å². The van der Waals surface area contributed by atoms with Crippen molar-refractivity contribution in [2.75, 3.05) is 19.7 Å². The van der Waals surface area contributed by atoms with E-state index in [9.17, 15) is 27.5 Å². The third kappa shape index (κ3) is 5.38. The Kier molecular flexibility index (Phi) is 7.52. The second-order valence-electron chi connectivity index (χ2n) is 8.86. The van der Waals surface area contributed by atoms with Crippen LogP contribution in [0.3, 0.4) is 0 Å². The summed E-state index contributed by atoms with van der Waals surface area (Å²) in [6.07, 6.45) is -1.41. The van der Waals surface area contributed by atoms with Crippen LogP contribution in [0.25, 0.3) is 21.7 Å². The number of aryl methyl sites for hydroxylation is 1. The van der Waals surface area contributed by atoms with Crippen LogP contribution in [0.5, 0.6) is 0 Å². The fourth-order valence-electron chi connectivity index (χ4n) is 4.28. The summed E-state index contributed by atoms with van der Waals surface area (Å²) in [7, 11) is -4.35. The quantitative estimate of drug-likeness (QED) is 0.176. The Balaban J connectivity index is 1.90. The molecular weight excluding hydrogens is 557 g/mol. The number of azide groups is 1. The van der Waals surface area contributed by atoms with E-state index < -0.39 is 53.2 Å². The molecule has 3 N–H and O–H groups in total. The first-order chi connectivity index (χ1) is 18.4. The summed E-state index contributed by atoms with van der Waals surface area (Å²) in [6.45, 7) is -0.231. The Morgan fingerprint density at radius 3 is 2.59 bits per heavy atom. The number of rotatable bonds is 8. The predicted molar refractivity (Wildman–Crippen MR) is 136 cm³/mol. The van der Waals surface area contributed by atoms with Crippen LogP contribution in [0.2, 0.25) is 5.02 Å². The van der Waals surface area contributed by atoms with Gasteiger partial charge < -0.3 is 10.8 Å². The number of hydrogen-bond donors (Lipinski definition) is 2. The van der Waals surface area contributed by atoms with Crippen molar-refractivity contribution in [3.05, 3.63) is 80.6 Å². The summed E-state index contributed by atoms with van der Waals surface area (Å²) >= 11 is 5.93.